The minimum Gasteiger partial charge on any atom is -0.497 e. The van der Waals surface area contributed by atoms with Crippen LogP contribution in [0, 0.1) is 6.92 Å². The molecule has 0 aliphatic carbocycles. The van der Waals surface area contributed by atoms with E-state index in [1.165, 1.54) is 10.9 Å². The number of ether oxygens (including phenoxy) is 1. The smallest absolute Gasteiger partial charge is 0.120 e. The van der Waals surface area contributed by atoms with Crippen LogP contribution in [0.2, 0.25) is 0 Å². The van der Waals surface area contributed by atoms with Crippen molar-refractivity contribution in [1.82, 2.24) is 9.97 Å². The molecule has 2 aromatic carbocycles. The van der Waals surface area contributed by atoms with Crippen molar-refractivity contribution in [3.05, 3.63) is 60.3 Å². The molecule has 22 heavy (non-hydrogen) atoms. The minimum absolute atomic E-state index is 0.851. The van der Waals surface area contributed by atoms with E-state index in [4.69, 9.17) is 9.72 Å². The summed E-state index contributed by atoms with van der Waals surface area (Å²) < 4.78 is 5.28. The monoisotopic (exact) mass is 288 g/mol. The second-order valence-electron chi connectivity index (χ2n) is 5.46. The van der Waals surface area contributed by atoms with Crippen LogP contribution >= 0.6 is 0 Å². The molecular weight excluding hydrogens is 272 g/mol. The maximum absolute atomic E-state index is 5.28. The van der Waals surface area contributed by atoms with E-state index in [1.807, 2.05) is 24.4 Å². The molecule has 0 saturated heterocycles. The first-order chi connectivity index (χ1) is 10.8. The van der Waals surface area contributed by atoms with E-state index in [0.717, 1.165) is 33.4 Å². The highest BCUT2D eigenvalue weighted by Crippen LogP contribution is 2.31. The van der Waals surface area contributed by atoms with Crippen molar-refractivity contribution in [1.29, 1.82) is 0 Å². The lowest BCUT2D eigenvalue weighted by atomic mass is 10.0. The van der Waals surface area contributed by atoms with Gasteiger partial charge in [-0.3, -0.25) is 0 Å². The summed E-state index contributed by atoms with van der Waals surface area (Å²) >= 11 is 0. The summed E-state index contributed by atoms with van der Waals surface area (Å²) in [5.41, 5.74) is 5.44. The second kappa shape index (κ2) is 4.88. The fraction of sp³-hybridized carbons (Fsp3) is 0.105. The number of H-pyrrole nitrogens is 1. The number of aryl methyl sites for hydroxylation is 1. The number of hydrogen-bond acceptors (Lipinski definition) is 2. The van der Waals surface area contributed by atoms with Gasteiger partial charge in [0.15, 0.2) is 0 Å². The van der Waals surface area contributed by atoms with E-state index in [1.54, 1.807) is 7.11 Å². The quantitative estimate of drug-likeness (QED) is 0.580. The molecule has 0 aliphatic heterocycles. The highest BCUT2D eigenvalue weighted by molar-refractivity contribution is 5.97. The average Bonchev–Trinajstić information content (AvgIpc) is 2.97. The second-order valence-corrected chi connectivity index (χ2v) is 5.46. The summed E-state index contributed by atoms with van der Waals surface area (Å²) in [5, 5.41) is 2.36. The van der Waals surface area contributed by atoms with Crippen LogP contribution in [0.15, 0.2) is 54.7 Å². The van der Waals surface area contributed by atoms with Crippen LogP contribution in [-0.2, 0) is 0 Å². The third-order valence-corrected chi connectivity index (χ3v) is 4.09. The zero-order valence-electron chi connectivity index (χ0n) is 12.6. The molecule has 0 fully saturated rings. The van der Waals surface area contributed by atoms with Crippen LogP contribution in [0.5, 0.6) is 5.75 Å². The average molecular weight is 288 g/mol. The van der Waals surface area contributed by atoms with Gasteiger partial charge in [0, 0.05) is 34.1 Å². The number of aromatic amines is 1. The van der Waals surface area contributed by atoms with Crippen molar-refractivity contribution >= 4 is 21.8 Å². The Morgan fingerprint density at radius 3 is 2.73 bits per heavy atom. The first-order valence-corrected chi connectivity index (χ1v) is 7.28. The van der Waals surface area contributed by atoms with E-state index in [-0.39, 0.29) is 0 Å². The molecule has 0 saturated carbocycles. The Labute approximate surface area is 128 Å². The van der Waals surface area contributed by atoms with Gasteiger partial charge >= 0.3 is 0 Å². The molecule has 1 N–H and O–H groups in total. The van der Waals surface area contributed by atoms with Crippen LogP contribution in [-0.4, -0.2) is 17.1 Å². The van der Waals surface area contributed by atoms with Gasteiger partial charge in [0.1, 0.15) is 5.75 Å². The third kappa shape index (κ3) is 1.94. The van der Waals surface area contributed by atoms with Gasteiger partial charge in [-0.2, -0.15) is 0 Å². The molecule has 4 aromatic rings. The number of pyridine rings is 1. The Hall–Kier alpha value is -2.81. The largest absolute Gasteiger partial charge is 0.497 e. The topological polar surface area (TPSA) is 37.9 Å². The van der Waals surface area contributed by atoms with Gasteiger partial charge in [0.2, 0.25) is 0 Å². The van der Waals surface area contributed by atoms with Gasteiger partial charge in [0.25, 0.3) is 0 Å². The number of aromatic nitrogens is 2. The van der Waals surface area contributed by atoms with Gasteiger partial charge in [-0.15, -0.1) is 0 Å². The van der Waals surface area contributed by atoms with E-state index < -0.39 is 0 Å². The highest BCUT2D eigenvalue weighted by atomic mass is 16.5. The van der Waals surface area contributed by atoms with Gasteiger partial charge in [0.05, 0.1) is 18.3 Å². The lowest BCUT2D eigenvalue weighted by Gasteiger charge is -2.06. The van der Waals surface area contributed by atoms with Crippen molar-refractivity contribution < 1.29 is 4.74 Å². The van der Waals surface area contributed by atoms with Crippen molar-refractivity contribution in [2.45, 2.75) is 6.92 Å². The summed E-state index contributed by atoms with van der Waals surface area (Å²) in [6.07, 6.45) is 2.01. The summed E-state index contributed by atoms with van der Waals surface area (Å²) in [4.78, 5) is 8.13. The molecule has 0 amide bonds. The van der Waals surface area contributed by atoms with E-state index in [9.17, 15) is 0 Å². The molecule has 0 unspecified atom stereocenters. The SMILES string of the molecule is COc1ccc2c(-c3cc(C)c4ccccc4n3)c[nH]c2c1. The lowest BCUT2D eigenvalue weighted by molar-refractivity contribution is 0.415. The van der Waals surface area contributed by atoms with Crippen molar-refractivity contribution in [3.63, 3.8) is 0 Å². The van der Waals surface area contributed by atoms with Crippen molar-refractivity contribution in [3.8, 4) is 17.0 Å². The molecule has 108 valence electrons. The zero-order chi connectivity index (χ0) is 15.1. The van der Waals surface area contributed by atoms with Crippen LogP contribution in [0.3, 0.4) is 0 Å². The molecular formula is C19H16N2O. The number of rotatable bonds is 2. The van der Waals surface area contributed by atoms with E-state index in [0.29, 0.717) is 0 Å². The van der Waals surface area contributed by atoms with Crippen LogP contribution in [0.25, 0.3) is 33.1 Å². The fourth-order valence-corrected chi connectivity index (χ4v) is 2.93. The Balaban J connectivity index is 1.95. The molecule has 0 spiro atoms. The Bertz CT molecular complexity index is 985. The summed E-state index contributed by atoms with van der Waals surface area (Å²) in [5.74, 6) is 0.851. The summed E-state index contributed by atoms with van der Waals surface area (Å²) in [7, 11) is 1.68. The highest BCUT2D eigenvalue weighted by Gasteiger charge is 2.10. The predicted molar refractivity (Wildman–Crippen MR) is 90.3 cm³/mol. The number of benzene rings is 2. The summed E-state index contributed by atoms with van der Waals surface area (Å²) in [6, 6.07) is 16.5. The standard InChI is InChI=1S/C19H16N2O/c1-12-9-19(21-17-6-4-3-5-14(12)17)16-11-20-18-10-13(22-2)7-8-15(16)18/h3-11,20H,1-2H3. The Kier molecular flexibility index (Phi) is 2.86. The minimum atomic E-state index is 0.851. The molecule has 0 radical (unpaired) electrons. The van der Waals surface area contributed by atoms with Crippen molar-refractivity contribution in [2.24, 2.45) is 0 Å². The van der Waals surface area contributed by atoms with Gasteiger partial charge < -0.3 is 9.72 Å². The molecule has 4 rings (SSSR count). The molecule has 0 atom stereocenters. The lowest BCUT2D eigenvalue weighted by Crippen LogP contribution is -1.88. The number of methoxy groups -OCH3 is 1. The third-order valence-electron chi connectivity index (χ3n) is 4.09. The van der Waals surface area contributed by atoms with Gasteiger partial charge in [-0.05, 0) is 36.8 Å². The zero-order valence-corrected chi connectivity index (χ0v) is 12.6. The molecule has 2 aromatic heterocycles. The molecule has 3 heteroatoms. The van der Waals surface area contributed by atoms with Crippen LogP contribution in [0.1, 0.15) is 5.56 Å². The first-order valence-electron chi connectivity index (χ1n) is 7.28. The van der Waals surface area contributed by atoms with Crippen LogP contribution < -0.4 is 4.74 Å². The number of hydrogen-bond donors (Lipinski definition) is 1. The first kappa shape index (κ1) is 12.9. The van der Waals surface area contributed by atoms with Gasteiger partial charge in [-0.1, -0.05) is 18.2 Å². The van der Waals surface area contributed by atoms with Crippen molar-refractivity contribution in [2.75, 3.05) is 7.11 Å². The van der Waals surface area contributed by atoms with E-state index >= 15 is 0 Å². The fourth-order valence-electron chi connectivity index (χ4n) is 2.93. The number of fused-ring (bicyclic) bond motifs is 2. The normalized spacial score (nSPS) is 11.2. The maximum Gasteiger partial charge on any atom is 0.120 e. The van der Waals surface area contributed by atoms with Crippen LogP contribution in [0.4, 0.5) is 0 Å². The molecule has 0 aliphatic rings. The molecule has 3 nitrogen and oxygen atoms in total. The number of nitrogens with zero attached hydrogens (tertiary/aromatic N) is 1. The predicted octanol–water partition coefficient (Wildman–Crippen LogP) is 4.70. The van der Waals surface area contributed by atoms with Gasteiger partial charge in [-0.25, -0.2) is 4.98 Å². The summed E-state index contributed by atoms with van der Waals surface area (Å²) in [6.45, 7) is 2.13. The number of nitrogens with one attached hydrogen (secondary N) is 1. The molecule has 0 bridgehead atoms. The Morgan fingerprint density at radius 1 is 1.00 bits per heavy atom. The van der Waals surface area contributed by atoms with E-state index in [2.05, 4.69) is 42.2 Å². The molecule has 2 heterocycles. The Morgan fingerprint density at radius 2 is 1.86 bits per heavy atom. The number of para-hydroxylation sites is 1. The maximum atomic E-state index is 5.28.